The molecule has 1 heterocycles. The van der Waals surface area contributed by atoms with Crippen LogP contribution in [0.5, 0.6) is 11.5 Å². The van der Waals surface area contributed by atoms with Gasteiger partial charge >= 0.3 is 16.3 Å². The van der Waals surface area contributed by atoms with Gasteiger partial charge in [0, 0.05) is 17.5 Å². The highest BCUT2D eigenvalue weighted by atomic mass is 32.2. The van der Waals surface area contributed by atoms with Crippen molar-refractivity contribution in [3.63, 3.8) is 0 Å². The van der Waals surface area contributed by atoms with Crippen LogP contribution in [0.4, 0.5) is 4.79 Å². The number of amides is 1. The highest BCUT2D eigenvalue weighted by Gasteiger charge is 2.37. The van der Waals surface area contributed by atoms with Crippen molar-refractivity contribution in [3.8, 4) is 22.8 Å². The van der Waals surface area contributed by atoms with E-state index < -0.39 is 21.8 Å². The molecule has 0 aliphatic rings. The molecular weight excluding hydrogens is 464 g/mol. The van der Waals surface area contributed by atoms with Gasteiger partial charge < -0.3 is 14.6 Å². The second kappa shape index (κ2) is 9.31. The molecule has 0 radical (unpaired) electrons. The third kappa shape index (κ3) is 4.97. The Hall–Kier alpha value is -3.64. The van der Waals surface area contributed by atoms with Crippen molar-refractivity contribution in [3.05, 3.63) is 52.3 Å². The Morgan fingerprint density at radius 1 is 1.09 bits per heavy atom. The van der Waals surface area contributed by atoms with Crippen molar-refractivity contribution in [2.45, 2.75) is 32.9 Å². The first-order chi connectivity index (χ1) is 15.9. The Morgan fingerprint density at radius 2 is 1.65 bits per heavy atom. The Labute approximate surface area is 196 Å². The first-order valence-corrected chi connectivity index (χ1v) is 11.6. The third-order valence-corrected chi connectivity index (χ3v) is 6.70. The van der Waals surface area contributed by atoms with Crippen LogP contribution >= 0.6 is 0 Å². The summed E-state index contributed by atoms with van der Waals surface area (Å²) in [5, 5.41) is 16.9. The van der Waals surface area contributed by atoms with Crippen molar-refractivity contribution < 1.29 is 27.8 Å². The average Bonchev–Trinajstić information content (AvgIpc) is 2.76. The van der Waals surface area contributed by atoms with Gasteiger partial charge in [-0.3, -0.25) is 4.79 Å². The summed E-state index contributed by atoms with van der Waals surface area (Å²) in [5.74, 6) is 0.849. The highest BCUT2D eigenvalue weighted by Crippen LogP contribution is 2.34. The van der Waals surface area contributed by atoms with E-state index in [1.165, 1.54) is 35.0 Å². The number of carbonyl (C=O) groups is 1. The van der Waals surface area contributed by atoms with E-state index in [2.05, 4.69) is 14.9 Å². The third-order valence-electron chi connectivity index (χ3n) is 5.00. The number of nitrogens with one attached hydrogen (secondary N) is 2. The molecule has 0 bridgehead atoms. The maximum Gasteiger partial charge on any atom is 0.422 e. The van der Waals surface area contributed by atoms with E-state index in [1.807, 2.05) is 0 Å². The Balaban J connectivity index is 1.91. The molecule has 0 atom stereocenters. The van der Waals surface area contributed by atoms with E-state index in [1.54, 1.807) is 36.4 Å². The number of nitrogens with zero attached hydrogens (tertiary/aromatic N) is 2. The molecule has 182 valence electrons. The van der Waals surface area contributed by atoms with Gasteiger partial charge in [0.05, 0.1) is 30.8 Å². The summed E-state index contributed by atoms with van der Waals surface area (Å²) in [5.41, 5.74) is 0.226. The van der Waals surface area contributed by atoms with Gasteiger partial charge in [0.2, 0.25) is 0 Å². The SMILES string of the molecule is COc1cc2c(-c3ccc(CNS(=O)(=O)N(C(=O)O)C(C)(C)C)cc3)n[nH]c(=O)c2cc1OC. The summed E-state index contributed by atoms with van der Waals surface area (Å²) in [6.07, 6.45) is -1.57. The normalized spacial score (nSPS) is 11.9. The Kier molecular flexibility index (Phi) is 6.84. The molecule has 2 aromatic carbocycles. The van der Waals surface area contributed by atoms with Crippen LogP contribution in [0.1, 0.15) is 26.3 Å². The molecule has 3 N–H and O–H groups in total. The summed E-state index contributed by atoms with van der Waals surface area (Å²) < 4.78 is 38.4. The van der Waals surface area contributed by atoms with E-state index in [0.717, 1.165) is 0 Å². The first kappa shape index (κ1) is 25.0. The average molecular weight is 491 g/mol. The summed E-state index contributed by atoms with van der Waals surface area (Å²) in [4.78, 5) is 23.8. The predicted molar refractivity (Wildman–Crippen MR) is 126 cm³/mol. The van der Waals surface area contributed by atoms with Crippen molar-refractivity contribution in [2.75, 3.05) is 14.2 Å². The number of hydrogen-bond donors (Lipinski definition) is 3. The van der Waals surface area contributed by atoms with Gasteiger partial charge in [0.1, 0.15) is 0 Å². The molecule has 3 aromatic rings. The molecule has 0 saturated heterocycles. The molecule has 0 aliphatic carbocycles. The van der Waals surface area contributed by atoms with Gasteiger partial charge in [0.15, 0.2) is 11.5 Å². The second-order valence-corrected chi connectivity index (χ2v) is 10.00. The monoisotopic (exact) mass is 490 g/mol. The van der Waals surface area contributed by atoms with Crippen LogP contribution in [0.2, 0.25) is 0 Å². The van der Waals surface area contributed by atoms with Crippen LogP contribution in [0.3, 0.4) is 0 Å². The predicted octanol–water partition coefficient (Wildman–Crippen LogP) is 2.72. The van der Waals surface area contributed by atoms with Crippen LogP contribution < -0.4 is 19.8 Å². The largest absolute Gasteiger partial charge is 0.493 e. The molecule has 0 spiro atoms. The molecule has 0 unspecified atom stereocenters. The van der Waals surface area contributed by atoms with Crippen LogP contribution in [0, 0.1) is 0 Å². The minimum atomic E-state index is -4.28. The zero-order valence-corrected chi connectivity index (χ0v) is 20.2. The van der Waals surface area contributed by atoms with Gasteiger partial charge in [-0.1, -0.05) is 24.3 Å². The maximum atomic E-state index is 12.5. The molecule has 1 amide bonds. The summed E-state index contributed by atoms with van der Waals surface area (Å²) >= 11 is 0. The number of benzene rings is 2. The molecule has 3 rings (SSSR count). The van der Waals surface area contributed by atoms with Crippen LogP contribution in [0.15, 0.2) is 41.2 Å². The quantitative estimate of drug-likeness (QED) is 0.457. The molecule has 11 nitrogen and oxygen atoms in total. The molecule has 0 saturated carbocycles. The lowest BCUT2D eigenvalue weighted by molar-refractivity contribution is 0.145. The van der Waals surface area contributed by atoms with Gasteiger partial charge in [-0.05, 0) is 38.5 Å². The smallest absolute Gasteiger partial charge is 0.422 e. The Morgan fingerprint density at radius 3 is 2.15 bits per heavy atom. The van der Waals surface area contributed by atoms with Gasteiger partial charge in [-0.15, -0.1) is 0 Å². The lowest BCUT2D eigenvalue weighted by Crippen LogP contribution is -2.53. The van der Waals surface area contributed by atoms with Gasteiger partial charge in [-0.25, -0.2) is 9.89 Å². The number of rotatable bonds is 7. The number of ether oxygens (including phenoxy) is 2. The van der Waals surface area contributed by atoms with E-state index in [-0.39, 0.29) is 12.1 Å². The van der Waals surface area contributed by atoms with Crippen LogP contribution in [0.25, 0.3) is 22.0 Å². The fourth-order valence-electron chi connectivity index (χ4n) is 3.48. The van der Waals surface area contributed by atoms with Crippen molar-refractivity contribution in [2.24, 2.45) is 0 Å². The first-order valence-electron chi connectivity index (χ1n) is 10.2. The number of aromatic nitrogens is 2. The zero-order chi connectivity index (χ0) is 25.3. The summed E-state index contributed by atoms with van der Waals surface area (Å²) in [6.45, 7) is 4.34. The molecule has 12 heteroatoms. The minimum absolute atomic E-state index is 0.118. The van der Waals surface area contributed by atoms with Crippen molar-refractivity contribution in [1.82, 2.24) is 19.2 Å². The minimum Gasteiger partial charge on any atom is -0.493 e. The van der Waals surface area contributed by atoms with Crippen molar-refractivity contribution in [1.29, 1.82) is 0 Å². The number of carboxylic acid groups (broad SMARTS) is 1. The molecule has 0 fully saturated rings. The van der Waals surface area contributed by atoms with E-state index >= 15 is 0 Å². The number of aromatic amines is 1. The fourth-order valence-corrected chi connectivity index (χ4v) is 4.88. The molecular formula is C22H26N4O7S. The van der Waals surface area contributed by atoms with Crippen molar-refractivity contribution >= 4 is 27.1 Å². The lowest BCUT2D eigenvalue weighted by atomic mass is 10.0. The summed E-state index contributed by atoms with van der Waals surface area (Å²) in [6, 6.07) is 10.0. The highest BCUT2D eigenvalue weighted by molar-refractivity contribution is 7.87. The Bertz CT molecular complexity index is 1380. The molecule has 1 aromatic heterocycles. The zero-order valence-electron chi connectivity index (χ0n) is 19.4. The maximum absolute atomic E-state index is 12.5. The van der Waals surface area contributed by atoms with Gasteiger partial charge in [-0.2, -0.15) is 22.5 Å². The van der Waals surface area contributed by atoms with Gasteiger partial charge in [0.25, 0.3) is 5.56 Å². The summed E-state index contributed by atoms with van der Waals surface area (Å²) in [7, 11) is -1.31. The standard InChI is InChI=1S/C22H26N4O7S/c1-22(2,3)26(21(28)29)34(30,31)23-12-13-6-8-14(9-7-13)19-15-10-17(32-4)18(33-5)11-16(15)20(27)25-24-19/h6-11,23H,12H2,1-5H3,(H,25,27)(H,28,29). The number of fused-ring (bicyclic) bond motifs is 1. The van der Waals surface area contributed by atoms with E-state index in [9.17, 15) is 23.1 Å². The number of methoxy groups -OCH3 is 2. The number of hydrogen-bond acceptors (Lipinski definition) is 7. The van der Waals surface area contributed by atoms with E-state index in [0.29, 0.717) is 43.4 Å². The molecule has 0 aliphatic heterocycles. The number of H-pyrrole nitrogens is 1. The van der Waals surface area contributed by atoms with Crippen LogP contribution in [-0.2, 0) is 16.8 Å². The lowest BCUT2D eigenvalue weighted by Gasteiger charge is -2.31. The molecule has 34 heavy (non-hydrogen) atoms. The second-order valence-electron chi connectivity index (χ2n) is 8.39. The fraction of sp³-hybridized carbons (Fsp3) is 0.318. The van der Waals surface area contributed by atoms with E-state index in [4.69, 9.17) is 9.47 Å². The van der Waals surface area contributed by atoms with Crippen LogP contribution in [-0.4, -0.2) is 53.9 Å². The topological polar surface area (TPSA) is 151 Å².